The standard InChI is InChI=1S/C13H20N4O2/c1-13(2,3)16-11(18)10-4-5-14-12(15-10)17-6-8-19-9-7-17/h4-5H,6-9H2,1-3H3,(H,16,18). The molecule has 1 aromatic rings. The van der Waals surface area contributed by atoms with Crippen LogP contribution in [0.15, 0.2) is 12.3 Å². The fraction of sp³-hybridized carbons (Fsp3) is 0.615. The lowest BCUT2D eigenvalue weighted by Crippen LogP contribution is -2.41. The van der Waals surface area contributed by atoms with Gasteiger partial charge in [-0.15, -0.1) is 0 Å². The smallest absolute Gasteiger partial charge is 0.270 e. The Labute approximate surface area is 113 Å². The molecule has 1 aromatic heterocycles. The van der Waals surface area contributed by atoms with Gasteiger partial charge in [-0.25, -0.2) is 9.97 Å². The number of hydrogen-bond acceptors (Lipinski definition) is 5. The van der Waals surface area contributed by atoms with Crippen LogP contribution in [0.3, 0.4) is 0 Å². The third-order valence-electron chi connectivity index (χ3n) is 2.66. The molecular formula is C13H20N4O2. The van der Waals surface area contributed by atoms with Crippen molar-refractivity contribution in [1.82, 2.24) is 15.3 Å². The largest absolute Gasteiger partial charge is 0.378 e. The first kappa shape index (κ1) is 13.7. The number of ether oxygens (including phenoxy) is 1. The van der Waals surface area contributed by atoms with Crippen LogP contribution in [-0.2, 0) is 4.74 Å². The van der Waals surface area contributed by atoms with E-state index in [9.17, 15) is 4.79 Å². The minimum absolute atomic E-state index is 0.176. The highest BCUT2D eigenvalue weighted by atomic mass is 16.5. The van der Waals surface area contributed by atoms with Crippen molar-refractivity contribution in [1.29, 1.82) is 0 Å². The third kappa shape index (κ3) is 3.89. The van der Waals surface area contributed by atoms with Crippen LogP contribution in [0.25, 0.3) is 0 Å². The molecule has 104 valence electrons. The highest BCUT2D eigenvalue weighted by Gasteiger charge is 2.19. The summed E-state index contributed by atoms with van der Waals surface area (Å²) in [6.45, 7) is 8.66. The first-order valence-corrected chi connectivity index (χ1v) is 6.44. The van der Waals surface area contributed by atoms with Crippen molar-refractivity contribution >= 4 is 11.9 Å². The van der Waals surface area contributed by atoms with Crippen molar-refractivity contribution < 1.29 is 9.53 Å². The summed E-state index contributed by atoms with van der Waals surface area (Å²) in [6.07, 6.45) is 1.62. The Morgan fingerprint density at radius 3 is 2.68 bits per heavy atom. The summed E-state index contributed by atoms with van der Waals surface area (Å²) in [7, 11) is 0. The molecule has 0 atom stereocenters. The highest BCUT2D eigenvalue weighted by molar-refractivity contribution is 5.92. The third-order valence-corrected chi connectivity index (χ3v) is 2.66. The normalized spacial score (nSPS) is 16.3. The SMILES string of the molecule is CC(C)(C)NC(=O)c1ccnc(N2CCOCC2)n1. The Hall–Kier alpha value is -1.69. The van der Waals surface area contributed by atoms with Gasteiger partial charge < -0.3 is 15.0 Å². The fourth-order valence-corrected chi connectivity index (χ4v) is 1.80. The minimum atomic E-state index is -0.277. The molecule has 6 heteroatoms. The first-order chi connectivity index (χ1) is 8.96. The second-order valence-electron chi connectivity index (χ2n) is 5.55. The van der Waals surface area contributed by atoms with E-state index in [1.165, 1.54) is 0 Å². The van der Waals surface area contributed by atoms with Gasteiger partial charge in [0.1, 0.15) is 5.69 Å². The molecule has 1 amide bonds. The second kappa shape index (κ2) is 5.52. The molecule has 0 radical (unpaired) electrons. The molecule has 1 N–H and O–H groups in total. The lowest BCUT2D eigenvalue weighted by Gasteiger charge is -2.27. The Morgan fingerprint density at radius 2 is 2.05 bits per heavy atom. The zero-order valence-corrected chi connectivity index (χ0v) is 11.6. The molecule has 0 aromatic carbocycles. The molecular weight excluding hydrogens is 244 g/mol. The maximum Gasteiger partial charge on any atom is 0.270 e. The van der Waals surface area contributed by atoms with Crippen molar-refractivity contribution in [3.05, 3.63) is 18.0 Å². The van der Waals surface area contributed by atoms with Crippen LogP contribution >= 0.6 is 0 Å². The van der Waals surface area contributed by atoms with Crippen LogP contribution < -0.4 is 10.2 Å². The van der Waals surface area contributed by atoms with Crippen LogP contribution in [0.4, 0.5) is 5.95 Å². The zero-order chi connectivity index (χ0) is 13.9. The van der Waals surface area contributed by atoms with Crippen molar-refractivity contribution in [2.75, 3.05) is 31.2 Å². The van der Waals surface area contributed by atoms with Crippen molar-refractivity contribution in [2.24, 2.45) is 0 Å². The molecule has 1 saturated heterocycles. The number of carbonyl (C=O) groups excluding carboxylic acids is 1. The summed E-state index contributed by atoms with van der Waals surface area (Å²) < 4.78 is 5.29. The number of rotatable bonds is 2. The number of carbonyl (C=O) groups is 1. The Kier molecular flexibility index (Phi) is 3.99. The molecule has 1 aliphatic heterocycles. The van der Waals surface area contributed by atoms with Gasteiger partial charge in [-0.05, 0) is 26.8 Å². The molecule has 2 rings (SSSR count). The Balaban J connectivity index is 2.12. The lowest BCUT2D eigenvalue weighted by molar-refractivity contribution is 0.0914. The molecule has 2 heterocycles. The van der Waals surface area contributed by atoms with E-state index >= 15 is 0 Å². The maximum absolute atomic E-state index is 12.1. The van der Waals surface area contributed by atoms with Crippen molar-refractivity contribution in [2.45, 2.75) is 26.3 Å². The van der Waals surface area contributed by atoms with Crippen LogP contribution in [0, 0.1) is 0 Å². The van der Waals surface area contributed by atoms with Crippen LogP contribution in [0.5, 0.6) is 0 Å². The molecule has 1 fully saturated rings. The predicted molar refractivity (Wildman–Crippen MR) is 72.3 cm³/mol. The monoisotopic (exact) mass is 264 g/mol. The average molecular weight is 264 g/mol. The van der Waals surface area contributed by atoms with E-state index in [1.807, 2.05) is 25.7 Å². The number of amides is 1. The van der Waals surface area contributed by atoms with Gasteiger partial charge in [0.05, 0.1) is 13.2 Å². The maximum atomic E-state index is 12.1. The molecule has 0 saturated carbocycles. The number of anilines is 1. The van der Waals surface area contributed by atoms with Gasteiger partial charge in [0.15, 0.2) is 0 Å². The van der Waals surface area contributed by atoms with Gasteiger partial charge in [0.2, 0.25) is 5.95 Å². The van der Waals surface area contributed by atoms with E-state index in [2.05, 4.69) is 15.3 Å². The van der Waals surface area contributed by atoms with Gasteiger partial charge in [-0.2, -0.15) is 0 Å². The van der Waals surface area contributed by atoms with E-state index in [4.69, 9.17) is 4.74 Å². The van der Waals surface area contributed by atoms with Gasteiger partial charge in [-0.3, -0.25) is 4.79 Å². The molecule has 1 aliphatic rings. The Bertz CT molecular complexity index is 450. The number of nitrogens with one attached hydrogen (secondary N) is 1. The summed E-state index contributed by atoms with van der Waals surface area (Å²) in [5.74, 6) is 0.411. The predicted octanol–water partition coefficient (Wildman–Crippen LogP) is 0.841. The first-order valence-electron chi connectivity index (χ1n) is 6.44. The van der Waals surface area contributed by atoms with E-state index < -0.39 is 0 Å². The zero-order valence-electron chi connectivity index (χ0n) is 11.6. The van der Waals surface area contributed by atoms with Crippen molar-refractivity contribution in [3.63, 3.8) is 0 Å². The molecule has 6 nitrogen and oxygen atoms in total. The molecule has 19 heavy (non-hydrogen) atoms. The Morgan fingerprint density at radius 1 is 1.37 bits per heavy atom. The molecule has 0 unspecified atom stereocenters. The fourth-order valence-electron chi connectivity index (χ4n) is 1.80. The number of hydrogen-bond donors (Lipinski definition) is 1. The van der Waals surface area contributed by atoms with Crippen molar-refractivity contribution in [3.8, 4) is 0 Å². The molecule has 0 bridgehead atoms. The topological polar surface area (TPSA) is 67.4 Å². The lowest BCUT2D eigenvalue weighted by atomic mass is 10.1. The number of nitrogens with zero attached hydrogens (tertiary/aromatic N) is 3. The van der Waals surface area contributed by atoms with E-state index in [1.54, 1.807) is 12.3 Å². The molecule has 0 spiro atoms. The van der Waals surface area contributed by atoms with Gasteiger partial charge in [0, 0.05) is 24.8 Å². The van der Waals surface area contributed by atoms with Crippen LogP contribution in [0.1, 0.15) is 31.3 Å². The minimum Gasteiger partial charge on any atom is -0.378 e. The van der Waals surface area contributed by atoms with Crippen LogP contribution in [0.2, 0.25) is 0 Å². The van der Waals surface area contributed by atoms with Crippen LogP contribution in [-0.4, -0.2) is 47.7 Å². The summed E-state index contributed by atoms with van der Waals surface area (Å²) in [4.78, 5) is 22.6. The van der Waals surface area contributed by atoms with E-state index in [-0.39, 0.29) is 11.4 Å². The summed E-state index contributed by atoms with van der Waals surface area (Å²) in [6, 6.07) is 1.63. The van der Waals surface area contributed by atoms with E-state index in [0.29, 0.717) is 24.9 Å². The summed E-state index contributed by atoms with van der Waals surface area (Å²) in [5.41, 5.74) is 0.118. The van der Waals surface area contributed by atoms with Gasteiger partial charge in [-0.1, -0.05) is 0 Å². The summed E-state index contributed by atoms with van der Waals surface area (Å²) >= 11 is 0. The average Bonchev–Trinajstić information content (AvgIpc) is 2.38. The van der Waals surface area contributed by atoms with Gasteiger partial charge in [0.25, 0.3) is 5.91 Å². The quantitative estimate of drug-likeness (QED) is 0.857. The van der Waals surface area contributed by atoms with Gasteiger partial charge >= 0.3 is 0 Å². The number of morpholine rings is 1. The highest BCUT2D eigenvalue weighted by Crippen LogP contribution is 2.10. The molecule has 0 aliphatic carbocycles. The summed E-state index contributed by atoms with van der Waals surface area (Å²) in [5, 5.41) is 2.89. The second-order valence-corrected chi connectivity index (χ2v) is 5.55. The number of aromatic nitrogens is 2. The van der Waals surface area contributed by atoms with E-state index in [0.717, 1.165) is 13.1 Å².